The quantitative estimate of drug-likeness (QED) is 0.684. The van der Waals surface area contributed by atoms with Crippen LogP contribution in [0.4, 0.5) is 52.7 Å². The van der Waals surface area contributed by atoms with Crippen LogP contribution in [0.1, 0.15) is 0 Å². The van der Waals surface area contributed by atoms with E-state index in [9.17, 15) is 52.7 Å². The molecule has 0 spiro atoms. The molecule has 0 aromatic rings. The lowest BCUT2D eigenvalue weighted by molar-refractivity contribution is -0.424. The Hall–Kier alpha value is -0.920. The molecule has 2 N–H and O–H groups in total. The molecule has 0 heterocycles. The first-order valence-corrected chi connectivity index (χ1v) is 4.91. The van der Waals surface area contributed by atoms with Gasteiger partial charge in [-0.25, -0.2) is 17.6 Å². The van der Waals surface area contributed by atoms with Gasteiger partial charge in [0.15, 0.2) is 12.3 Å². The van der Waals surface area contributed by atoms with Gasteiger partial charge in [0.2, 0.25) is 12.5 Å². The molecule has 0 aromatic carbocycles. The highest BCUT2D eigenvalue weighted by Gasteiger charge is 2.83. The molecule has 0 rings (SSSR count). The number of halogens is 12. The van der Waals surface area contributed by atoms with Gasteiger partial charge in [0.25, 0.3) is 0 Å². The summed E-state index contributed by atoms with van der Waals surface area (Å²) >= 11 is 0. The molecule has 0 radical (unpaired) electrons. The van der Waals surface area contributed by atoms with Gasteiger partial charge < -0.3 is 10.2 Å². The summed E-state index contributed by atoms with van der Waals surface area (Å²) in [4.78, 5) is 0. The molecule has 2 nitrogen and oxygen atoms in total. The van der Waals surface area contributed by atoms with E-state index in [0.29, 0.717) is 0 Å². The van der Waals surface area contributed by atoms with Gasteiger partial charge in [-0.1, -0.05) is 0 Å². The van der Waals surface area contributed by atoms with Gasteiger partial charge in [0.05, 0.1) is 0 Å². The molecule has 14 heteroatoms. The van der Waals surface area contributed by atoms with Crippen molar-refractivity contribution in [3.05, 3.63) is 0 Å². The zero-order chi connectivity index (χ0) is 18.3. The first-order chi connectivity index (χ1) is 9.43. The Bertz CT molecular complexity index is 378. The molecule has 0 amide bonds. The molecule has 0 aliphatic rings. The molecule has 0 aliphatic heterocycles. The molecule has 0 fully saturated rings. The van der Waals surface area contributed by atoms with Crippen molar-refractivity contribution in [2.24, 2.45) is 0 Å². The van der Waals surface area contributed by atoms with Gasteiger partial charge in [-0.2, -0.15) is 35.1 Å². The van der Waals surface area contributed by atoms with Crippen LogP contribution in [0.15, 0.2) is 0 Å². The van der Waals surface area contributed by atoms with Gasteiger partial charge in [0, 0.05) is 0 Å². The molecular formula is C8H6F12O2. The second-order valence-corrected chi connectivity index (χ2v) is 3.98. The highest BCUT2D eigenvalue weighted by atomic mass is 19.4. The van der Waals surface area contributed by atoms with Crippen LogP contribution in [0.5, 0.6) is 0 Å². The number of aliphatic hydroxyl groups is 2. The second kappa shape index (κ2) is 5.94. The van der Waals surface area contributed by atoms with Gasteiger partial charge in [-0.05, 0) is 0 Å². The van der Waals surface area contributed by atoms with E-state index in [1.807, 2.05) is 0 Å². The van der Waals surface area contributed by atoms with E-state index in [-0.39, 0.29) is 0 Å². The first-order valence-electron chi connectivity index (χ1n) is 4.91. The molecule has 0 bridgehead atoms. The fourth-order valence-corrected chi connectivity index (χ4v) is 1.08. The lowest BCUT2D eigenvalue weighted by atomic mass is 9.95. The summed E-state index contributed by atoms with van der Waals surface area (Å²) in [6.45, 7) is 0. The van der Waals surface area contributed by atoms with Crippen LogP contribution < -0.4 is 0 Å². The maximum atomic E-state index is 12.8. The van der Waals surface area contributed by atoms with E-state index >= 15 is 0 Å². The Kier molecular flexibility index (Phi) is 5.69. The standard InChI is InChI=1S/C8H6F12O2/c9-1(2(10)4(12)21)3(11)5(13,14)6(15,16)7(17,18)8(19,20)22/h1-4,21-22H. The molecule has 134 valence electrons. The monoisotopic (exact) mass is 362 g/mol. The number of hydrogen-bond acceptors (Lipinski definition) is 2. The van der Waals surface area contributed by atoms with Crippen LogP contribution in [-0.2, 0) is 0 Å². The van der Waals surface area contributed by atoms with Crippen molar-refractivity contribution >= 4 is 0 Å². The fourth-order valence-electron chi connectivity index (χ4n) is 1.08. The fraction of sp³-hybridized carbons (Fsp3) is 1.00. The third-order valence-corrected chi connectivity index (χ3v) is 2.38. The minimum Gasteiger partial charge on any atom is -0.362 e. The Morgan fingerprint density at radius 3 is 1.27 bits per heavy atom. The maximum Gasteiger partial charge on any atom is 0.423 e. The van der Waals surface area contributed by atoms with Crippen molar-refractivity contribution in [3.8, 4) is 0 Å². The lowest BCUT2D eigenvalue weighted by Gasteiger charge is -2.36. The molecule has 0 saturated heterocycles. The minimum absolute atomic E-state index is 3.99. The van der Waals surface area contributed by atoms with E-state index in [4.69, 9.17) is 10.2 Å². The van der Waals surface area contributed by atoms with Crippen molar-refractivity contribution in [1.82, 2.24) is 0 Å². The van der Waals surface area contributed by atoms with E-state index in [0.717, 1.165) is 0 Å². The molecule has 4 atom stereocenters. The van der Waals surface area contributed by atoms with Crippen molar-refractivity contribution in [3.63, 3.8) is 0 Å². The van der Waals surface area contributed by atoms with Crippen LogP contribution in [0.2, 0.25) is 0 Å². The number of aliphatic hydroxyl groups excluding tert-OH is 1. The van der Waals surface area contributed by atoms with Crippen molar-refractivity contribution < 1.29 is 62.9 Å². The van der Waals surface area contributed by atoms with E-state index in [2.05, 4.69) is 0 Å². The highest BCUT2D eigenvalue weighted by Crippen LogP contribution is 2.54. The van der Waals surface area contributed by atoms with Gasteiger partial charge in [0.1, 0.15) is 0 Å². The SMILES string of the molecule is OC(F)C(F)C(F)C(F)C(F)(F)C(F)(F)C(F)(F)C(O)(F)F. The largest absolute Gasteiger partial charge is 0.423 e. The highest BCUT2D eigenvalue weighted by molar-refractivity contribution is 5.05. The van der Waals surface area contributed by atoms with Crippen molar-refractivity contribution in [1.29, 1.82) is 0 Å². The summed E-state index contributed by atoms with van der Waals surface area (Å²) in [6, 6.07) is 0. The summed E-state index contributed by atoms with van der Waals surface area (Å²) in [5.74, 6) is -21.7. The average Bonchev–Trinajstić information content (AvgIpc) is 2.33. The van der Waals surface area contributed by atoms with Crippen molar-refractivity contribution in [2.45, 2.75) is 48.7 Å². The van der Waals surface area contributed by atoms with Crippen LogP contribution in [-0.4, -0.2) is 59.0 Å². The summed E-state index contributed by atoms with van der Waals surface area (Å²) < 4.78 is 150. The predicted octanol–water partition coefficient (Wildman–Crippen LogP) is 2.78. The molecule has 22 heavy (non-hydrogen) atoms. The van der Waals surface area contributed by atoms with Crippen LogP contribution >= 0.6 is 0 Å². The van der Waals surface area contributed by atoms with Crippen LogP contribution in [0.3, 0.4) is 0 Å². The van der Waals surface area contributed by atoms with Crippen molar-refractivity contribution in [2.75, 3.05) is 0 Å². The number of rotatable bonds is 7. The topological polar surface area (TPSA) is 40.5 Å². The zero-order valence-electron chi connectivity index (χ0n) is 9.74. The van der Waals surface area contributed by atoms with E-state index in [1.165, 1.54) is 0 Å². The minimum atomic E-state index is -7.40. The van der Waals surface area contributed by atoms with Crippen LogP contribution in [0.25, 0.3) is 0 Å². The number of alkyl halides is 12. The Labute approximate surface area is 113 Å². The Morgan fingerprint density at radius 1 is 0.636 bits per heavy atom. The Balaban J connectivity index is 5.71. The summed E-state index contributed by atoms with van der Waals surface area (Å²) in [5, 5.41) is 15.3. The lowest BCUT2D eigenvalue weighted by Crippen LogP contribution is -2.66. The summed E-state index contributed by atoms with van der Waals surface area (Å²) in [5.41, 5.74) is 0. The number of hydrogen-bond donors (Lipinski definition) is 2. The second-order valence-electron chi connectivity index (χ2n) is 3.98. The van der Waals surface area contributed by atoms with Gasteiger partial charge in [-0.3, -0.25) is 0 Å². The van der Waals surface area contributed by atoms with Gasteiger partial charge in [-0.15, -0.1) is 0 Å². The molecule has 4 unspecified atom stereocenters. The zero-order valence-corrected chi connectivity index (χ0v) is 9.74. The first kappa shape index (κ1) is 21.1. The molecule has 0 saturated carbocycles. The molecular weight excluding hydrogens is 356 g/mol. The molecule has 0 aromatic heterocycles. The Morgan fingerprint density at radius 2 is 1.00 bits per heavy atom. The van der Waals surface area contributed by atoms with E-state index < -0.39 is 48.7 Å². The maximum absolute atomic E-state index is 12.8. The normalized spacial score (nSPS) is 20.5. The third kappa shape index (κ3) is 3.21. The smallest absolute Gasteiger partial charge is 0.362 e. The van der Waals surface area contributed by atoms with E-state index in [1.54, 1.807) is 0 Å². The summed E-state index contributed by atoms with van der Waals surface area (Å²) in [7, 11) is 0. The predicted molar refractivity (Wildman–Crippen MR) is 43.8 cm³/mol. The third-order valence-electron chi connectivity index (χ3n) is 2.38. The molecule has 0 aliphatic carbocycles. The van der Waals surface area contributed by atoms with Crippen LogP contribution in [0, 0.1) is 0 Å². The van der Waals surface area contributed by atoms with Gasteiger partial charge >= 0.3 is 23.9 Å². The summed E-state index contributed by atoms with van der Waals surface area (Å²) in [6.07, 6.45) is -24.8. The average molecular weight is 362 g/mol.